The Morgan fingerprint density at radius 2 is 1.79 bits per heavy atom. The lowest BCUT2D eigenvalue weighted by Crippen LogP contribution is -2.37. The number of fused-ring (bicyclic) bond motifs is 1. The molecule has 0 saturated heterocycles. The zero-order valence-electron chi connectivity index (χ0n) is 9.95. The Bertz CT molecular complexity index is 785. The summed E-state index contributed by atoms with van der Waals surface area (Å²) in [5.41, 5.74) is 5.06. The molecule has 1 aromatic heterocycles. The van der Waals surface area contributed by atoms with E-state index in [1.807, 2.05) is 0 Å². The fourth-order valence-corrected chi connectivity index (χ4v) is 1.81. The first kappa shape index (κ1) is 11.7. The van der Waals surface area contributed by atoms with Gasteiger partial charge in [0.1, 0.15) is 0 Å². The smallest absolute Gasteiger partial charge is 0.314 e. The molecule has 1 aromatic carbocycles. The van der Waals surface area contributed by atoms with Gasteiger partial charge in [0.15, 0.2) is 0 Å². The van der Waals surface area contributed by atoms with Crippen molar-refractivity contribution in [2.75, 3.05) is 5.32 Å². The monoisotopic (exact) mass is 260 g/mol. The van der Waals surface area contributed by atoms with Gasteiger partial charge in [-0.1, -0.05) is 0 Å². The highest BCUT2D eigenvalue weighted by atomic mass is 16.2. The Kier molecular flexibility index (Phi) is 2.33. The van der Waals surface area contributed by atoms with E-state index >= 15 is 0 Å². The zero-order chi connectivity index (χ0) is 13.6. The first-order valence-electron chi connectivity index (χ1n) is 5.85. The van der Waals surface area contributed by atoms with Crippen molar-refractivity contribution < 1.29 is 4.79 Å². The number of H-pyrrole nitrogens is 2. The molecule has 3 rings (SSSR count). The van der Waals surface area contributed by atoms with Gasteiger partial charge in [0.25, 0.3) is 0 Å². The number of carbonyl (C=O) groups is 1. The molecule has 0 spiro atoms. The van der Waals surface area contributed by atoms with Gasteiger partial charge in [0.05, 0.1) is 16.6 Å². The molecule has 0 atom stereocenters. The maximum atomic E-state index is 11.8. The molecule has 1 aliphatic rings. The van der Waals surface area contributed by atoms with E-state index in [2.05, 4.69) is 15.3 Å². The highest BCUT2D eigenvalue weighted by Crippen LogP contribution is 2.33. The number of rotatable bonds is 2. The Balaban J connectivity index is 1.97. The van der Waals surface area contributed by atoms with Crippen LogP contribution in [0.4, 0.5) is 5.69 Å². The molecule has 7 nitrogen and oxygen atoms in total. The standard InChI is InChI=1S/C12H12N4O3/c13-12(3-4-12)11(19)14-6-1-2-7-8(5-6)16-10(18)9(17)15-7/h1-2,5H,3-4,13H2,(H,14,19)(H,15,17)(H,16,18). The Hall–Kier alpha value is -2.41. The van der Waals surface area contributed by atoms with Crippen molar-refractivity contribution in [1.29, 1.82) is 0 Å². The fraction of sp³-hybridized carbons (Fsp3) is 0.250. The molecule has 5 N–H and O–H groups in total. The molecule has 1 saturated carbocycles. The minimum atomic E-state index is -0.757. The molecule has 2 aromatic rings. The van der Waals surface area contributed by atoms with Crippen molar-refractivity contribution in [3.63, 3.8) is 0 Å². The summed E-state index contributed by atoms with van der Waals surface area (Å²) in [5, 5.41) is 2.69. The number of hydrogen-bond acceptors (Lipinski definition) is 4. The van der Waals surface area contributed by atoms with Crippen LogP contribution in [0.3, 0.4) is 0 Å². The molecule has 0 unspecified atom stereocenters. The number of benzene rings is 1. The van der Waals surface area contributed by atoms with Crippen molar-refractivity contribution in [3.05, 3.63) is 38.9 Å². The van der Waals surface area contributed by atoms with Crippen LogP contribution in [0.15, 0.2) is 27.8 Å². The van der Waals surface area contributed by atoms with E-state index in [1.54, 1.807) is 18.2 Å². The summed E-state index contributed by atoms with van der Waals surface area (Å²) in [5.74, 6) is -0.237. The number of aromatic nitrogens is 2. The molecule has 7 heteroatoms. The number of amides is 1. The highest BCUT2D eigenvalue weighted by molar-refractivity contribution is 6.00. The van der Waals surface area contributed by atoms with E-state index in [1.165, 1.54) is 0 Å². The van der Waals surface area contributed by atoms with Gasteiger partial charge in [-0.3, -0.25) is 14.4 Å². The molecular weight excluding hydrogens is 248 g/mol. The molecular formula is C12H12N4O3. The van der Waals surface area contributed by atoms with E-state index in [0.29, 0.717) is 29.6 Å². The first-order valence-corrected chi connectivity index (χ1v) is 5.85. The molecule has 1 heterocycles. The van der Waals surface area contributed by atoms with Crippen LogP contribution >= 0.6 is 0 Å². The quantitative estimate of drug-likeness (QED) is 0.551. The summed E-state index contributed by atoms with van der Waals surface area (Å²) in [6.07, 6.45) is 1.35. The zero-order valence-corrected chi connectivity index (χ0v) is 9.95. The highest BCUT2D eigenvalue weighted by Gasteiger charge is 2.45. The molecule has 0 radical (unpaired) electrons. The van der Waals surface area contributed by atoms with Crippen LogP contribution in [0.5, 0.6) is 0 Å². The van der Waals surface area contributed by atoms with Gasteiger partial charge in [0, 0.05) is 5.69 Å². The number of anilines is 1. The van der Waals surface area contributed by atoms with E-state index in [0.717, 1.165) is 0 Å². The molecule has 1 amide bonds. The van der Waals surface area contributed by atoms with E-state index in [4.69, 9.17) is 5.73 Å². The summed E-state index contributed by atoms with van der Waals surface area (Å²) in [7, 11) is 0. The minimum Gasteiger partial charge on any atom is -0.324 e. The van der Waals surface area contributed by atoms with Gasteiger partial charge < -0.3 is 21.0 Å². The van der Waals surface area contributed by atoms with Crippen LogP contribution in [0, 0.1) is 0 Å². The number of nitrogens with one attached hydrogen (secondary N) is 3. The van der Waals surface area contributed by atoms with Crippen LogP contribution in [0.1, 0.15) is 12.8 Å². The maximum absolute atomic E-state index is 11.8. The van der Waals surface area contributed by atoms with Gasteiger partial charge in [-0.2, -0.15) is 0 Å². The number of nitrogens with two attached hydrogens (primary N) is 1. The Labute approximate surface area is 106 Å². The van der Waals surface area contributed by atoms with Crippen LogP contribution in [0.25, 0.3) is 11.0 Å². The van der Waals surface area contributed by atoms with Crippen molar-refractivity contribution in [2.45, 2.75) is 18.4 Å². The van der Waals surface area contributed by atoms with Gasteiger partial charge in [-0.05, 0) is 31.0 Å². The molecule has 98 valence electrons. The number of hydrogen-bond donors (Lipinski definition) is 4. The summed E-state index contributed by atoms with van der Waals surface area (Å²) in [6, 6.07) is 4.83. The second-order valence-corrected chi connectivity index (χ2v) is 4.78. The van der Waals surface area contributed by atoms with Gasteiger partial charge >= 0.3 is 11.1 Å². The summed E-state index contributed by atoms with van der Waals surface area (Å²) >= 11 is 0. The number of aromatic amines is 2. The van der Waals surface area contributed by atoms with Crippen LogP contribution in [0.2, 0.25) is 0 Å². The third-order valence-corrected chi connectivity index (χ3v) is 3.22. The summed E-state index contributed by atoms with van der Waals surface area (Å²) in [6.45, 7) is 0. The predicted molar refractivity (Wildman–Crippen MR) is 70.0 cm³/mol. The van der Waals surface area contributed by atoms with Crippen molar-refractivity contribution >= 4 is 22.6 Å². The fourth-order valence-electron chi connectivity index (χ4n) is 1.81. The maximum Gasteiger partial charge on any atom is 0.314 e. The molecule has 0 aliphatic heterocycles. The summed E-state index contributed by atoms with van der Waals surface area (Å²) in [4.78, 5) is 39.1. The third-order valence-electron chi connectivity index (χ3n) is 3.22. The Morgan fingerprint density at radius 3 is 2.42 bits per heavy atom. The molecule has 0 bridgehead atoms. The topological polar surface area (TPSA) is 121 Å². The van der Waals surface area contributed by atoms with Crippen molar-refractivity contribution in [2.24, 2.45) is 5.73 Å². The predicted octanol–water partition coefficient (Wildman–Crippen LogP) is -0.354. The SMILES string of the molecule is NC1(C(=O)Nc2ccc3[nH]c(=O)c(=O)[nH]c3c2)CC1. The van der Waals surface area contributed by atoms with Crippen molar-refractivity contribution in [1.82, 2.24) is 9.97 Å². The van der Waals surface area contributed by atoms with Crippen LogP contribution in [-0.4, -0.2) is 21.4 Å². The van der Waals surface area contributed by atoms with E-state index < -0.39 is 16.7 Å². The average Bonchev–Trinajstić information content (AvgIpc) is 3.11. The lowest BCUT2D eigenvalue weighted by molar-refractivity contribution is -0.118. The van der Waals surface area contributed by atoms with Crippen molar-refractivity contribution in [3.8, 4) is 0 Å². The lowest BCUT2D eigenvalue weighted by atomic mass is 10.2. The average molecular weight is 260 g/mol. The molecule has 1 fully saturated rings. The molecule has 1 aliphatic carbocycles. The van der Waals surface area contributed by atoms with Crippen LogP contribution in [-0.2, 0) is 4.79 Å². The normalized spacial score (nSPS) is 16.3. The van der Waals surface area contributed by atoms with Gasteiger partial charge in [-0.15, -0.1) is 0 Å². The second kappa shape index (κ2) is 3.79. The van der Waals surface area contributed by atoms with Gasteiger partial charge in [-0.25, -0.2) is 0 Å². The van der Waals surface area contributed by atoms with Crippen LogP contribution < -0.4 is 22.2 Å². The number of carbonyl (C=O) groups excluding carboxylic acids is 1. The van der Waals surface area contributed by atoms with E-state index in [9.17, 15) is 14.4 Å². The first-order chi connectivity index (χ1) is 8.98. The lowest BCUT2D eigenvalue weighted by Gasteiger charge is -2.10. The summed E-state index contributed by atoms with van der Waals surface area (Å²) < 4.78 is 0. The molecule has 19 heavy (non-hydrogen) atoms. The van der Waals surface area contributed by atoms with E-state index in [-0.39, 0.29) is 5.91 Å². The largest absolute Gasteiger partial charge is 0.324 e. The van der Waals surface area contributed by atoms with Gasteiger partial charge in [0.2, 0.25) is 5.91 Å². The minimum absolute atomic E-state index is 0.237. The Morgan fingerprint density at radius 1 is 1.16 bits per heavy atom. The third kappa shape index (κ3) is 2.04. The second-order valence-electron chi connectivity index (χ2n) is 4.78.